The van der Waals surface area contributed by atoms with E-state index in [1.54, 1.807) is 72.8 Å². The zero-order valence-electron chi connectivity index (χ0n) is 19.4. The molecule has 0 saturated carbocycles. The molecule has 0 saturated heterocycles. The third kappa shape index (κ3) is 4.70. The molecule has 0 N–H and O–H groups in total. The molecule has 0 atom stereocenters. The van der Waals surface area contributed by atoms with E-state index in [0.29, 0.717) is 18.6 Å². The van der Waals surface area contributed by atoms with Crippen molar-refractivity contribution in [3.63, 3.8) is 0 Å². The summed E-state index contributed by atoms with van der Waals surface area (Å²) in [5, 5.41) is 0. The van der Waals surface area contributed by atoms with Crippen LogP contribution in [-0.4, -0.2) is 38.1 Å². The van der Waals surface area contributed by atoms with Crippen molar-refractivity contribution < 1.29 is 27.5 Å². The smallest absolute Gasteiger partial charge is 0.343 e. The maximum atomic E-state index is 13.7. The Bertz CT molecular complexity index is 1380. The number of hydrogen-bond donors (Lipinski definition) is 0. The second kappa shape index (κ2) is 10.1. The lowest BCUT2D eigenvalue weighted by molar-refractivity contribution is 0.0685. The van der Waals surface area contributed by atoms with Gasteiger partial charge in [-0.3, -0.25) is 9.10 Å². The van der Waals surface area contributed by atoms with E-state index < -0.39 is 21.8 Å². The molecule has 3 aromatic carbocycles. The second-order valence-electron chi connectivity index (χ2n) is 7.92. The predicted molar refractivity (Wildman–Crippen MR) is 131 cm³/mol. The largest absolute Gasteiger partial charge is 0.497 e. The molecule has 0 fully saturated rings. The van der Waals surface area contributed by atoms with Crippen molar-refractivity contribution in [2.45, 2.75) is 24.7 Å². The highest BCUT2D eigenvalue weighted by molar-refractivity contribution is 7.89. The molecule has 0 amide bonds. The molecule has 1 aliphatic rings. The van der Waals surface area contributed by atoms with Crippen LogP contribution in [0.2, 0.25) is 0 Å². The minimum Gasteiger partial charge on any atom is -0.497 e. The second-order valence-corrected chi connectivity index (χ2v) is 9.75. The number of esters is 1. The number of sulfonamides is 1. The average molecular weight is 492 g/mol. The minimum absolute atomic E-state index is 0.0155. The molecule has 0 unspecified atom stereocenters. The van der Waals surface area contributed by atoms with Gasteiger partial charge in [-0.25, -0.2) is 13.2 Å². The molecule has 180 valence electrons. The summed E-state index contributed by atoms with van der Waals surface area (Å²) in [6.07, 6.45) is 1.23. The van der Waals surface area contributed by atoms with Crippen LogP contribution in [0.3, 0.4) is 0 Å². The molecule has 0 aliphatic carbocycles. The zero-order chi connectivity index (χ0) is 25.0. The molecule has 1 aliphatic heterocycles. The fourth-order valence-electron chi connectivity index (χ4n) is 3.82. The Kier molecular flexibility index (Phi) is 7.02. The van der Waals surface area contributed by atoms with Crippen LogP contribution in [0.5, 0.6) is 5.75 Å². The van der Waals surface area contributed by atoms with E-state index in [4.69, 9.17) is 9.47 Å². The fraction of sp³-hybridized carbons (Fsp3) is 0.185. The number of fused-ring (bicyclic) bond motifs is 1. The molecule has 4 rings (SSSR count). The van der Waals surface area contributed by atoms with E-state index >= 15 is 0 Å². The van der Waals surface area contributed by atoms with Gasteiger partial charge in [0.1, 0.15) is 11.4 Å². The van der Waals surface area contributed by atoms with Gasteiger partial charge in [-0.15, -0.1) is 0 Å². The van der Waals surface area contributed by atoms with Crippen molar-refractivity contribution in [2.24, 2.45) is 0 Å². The van der Waals surface area contributed by atoms with E-state index in [1.807, 2.05) is 6.92 Å². The summed E-state index contributed by atoms with van der Waals surface area (Å²) in [5.41, 5.74) is 0.513. The number of carbonyl (C=O) groups is 2. The van der Waals surface area contributed by atoms with Gasteiger partial charge >= 0.3 is 5.97 Å². The minimum atomic E-state index is -4.05. The van der Waals surface area contributed by atoms with E-state index in [2.05, 4.69) is 0 Å². The molecule has 8 heteroatoms. The number of hydrogen-bond acceptors (Lipinski definition) is 6. The quantitative estimate of drug-likeness (QED) is 0.329. The molecular formula is C27H25NO6S. The molecule has 3 aromatic rings. The van der Waals surface area contributed by atoms with Crippen LogP contribution in [0.25, 0.3) is 5.76 Å². The zero-order valence-corrected chi connectivity index (χ0v) is 20.2. The Balaban J connectivity index is 1.91. The van der Waals surface area contributed by atoms with Gasteiger partial charge in [-0.05, 0) is 42.8 Å². The van der Waals surface area contributed by atoms with Crippen molar-refractivity contribution in [1.29, 1.82) is 0 Å². The van der Waals surface area contributed by atoms with Crippen molar-refractivity contribution in [3.05, 3.63) is 101 Å². The first-order chi connectivity index (χ1) is 16.9. The van der Waals surface area contributed by atoms with E-state index in [0.717, 1.165) is 4.31 Å². The van der Waals surface area contributed by atoms with E-state index in [9.17, 15) is 18.0 Å². The number of ketones is 1. The summed E-state index contributed by atoms with van der Waals surface area (Å²) < 4.78 is 39.2. The number of rotatable bonds is 8. The van der Waals surface area contributed by atoms with Crippen LogP contribution < -0.4 is 4.74 Å². The van der Waals surface area contributed by atoms with Gasteiger partial charge in [0.05, 0.1) is 17.6 Å². The van der Waals surface area contributed by atoms with Crippen LogP contribution in [0.15, 0.2) is 89.5 Å². The Morgan fingerprint density at radius 2 is 1.51 bits per heavy atom. The average Bonchev–Trinajstić information content (AvgIpc) is 2.89. The number of benzene rings is 3. The fourth-order valence-corrected chi connectivity index (χ4v) is 5.52. The maximum Gasteiger partial charge on any atom is 0.343 e. The van der Waals surface area contributed by atoms with Crippen molar-refractivity contribution in [1.82, 2.24) is 4.31 Å². The van der Waals surface area contributed by atoms with Crippen molar-refractivity contribution in [2.75, 3.05) is 13.7 Å². The lowest BCUT2D eigenvalue weighted by Gasteiger charge is -2.32. The standard InChI is InChI=1S/C27H25NO6S/c1-3-4-18-28-24(25(29)19-10-6-5-7-11-19)26(22-12-8-9-13-23(22)35(28,31)32)34-27(30)20-14-16-21(33-2)17-15-20/h5-17H,3-4,18H2,1-2H3. The summed E-state index contributed by atoms with van der Waals surface area (Å²) in [5.74, 6) is -0.773. The first kappa shape index (κ1) is 24.2. The highest BCUT2D eigenvalue weighted by Crippen LogP contribution is 2.39. The molecule has 0 bridgehead atoms. The van der Waals surface area contributed by atoms with Gasteiger partial charge < -0.3 is 9.47 Å². The highest BCUT2D eigenvalue weighted by Gasteiger charge is 2.41. The number of unbranched alkanes of at least 4 members (excludes halogenated alkanes) is 1. The molecule has 35 heavy (non-hydrogen) atoms. The molecule has 0 aromatic heterocycles. The first-order valence-corrected chi connectivity index (χ1v) is 12.6. The van der Waals surface area contributed by atoms with Gasteiger partial charge in [0.25, 0.3) is 10.0 Å². The number of methoxy groups -OCH3 is 1. The van der Waals surface area contributed by atoms with Crippen LogP contribution in [0.1, 0.15) is 46.0 Å². The number of carbonyl (C=O) groups excluding carboxylic acids is 2. The Morgan fingerprint density at radius 3 is 2.17 bits per heavy atom. The van der Waals surface area contributed by atoms with Gasteiger partial charge in [-0.2, -0.15) is 0 Å². The summed E-state index contributed by atoms with van der Waals surface area (Å²) in [6.45, 7) is 2.00. The lowest BCUT2D eigenvalue weighted by Crippen LogP contribution is -2.39. The monoisotopic (exact) mass is 491 g/mol. The lowest BCUT2D eigenvalue weighted by atomic mass is 10.0. The van der Waals surface area contributed by atoms with Gasteiger partial charge in [0.2, 0.25) is 5.78 Å². The topological polar surface area (TPSA) is 90.0 Å². The van der Waals surface area contributed by atoms with E-state index in [-0.39, 0.29) is 39.6 Å². The Morgan fingerprint density at radius 1 is 0.857 bits per heavy atom. The number of ether oxygens (including phenoxy) is 2. The number of allylic oxidation sites excluding steroid dienone is 1. The first-order valence-electron chi connectivity index (χ1n) is 11.2. The molecule has 7 nitrogen and oxygen atoms in total. The summed E-state index contributed by atoms with van der Waals surface area (Å²) in [7, 11) is -2.54. The molecule has 0 spiro atoms. The predicted octanol–water partition coefficient (Wildman–Crippen LogP) is 4.91. The maximum absolute atomic E-state index is 13.7. The summed E-state index contributed by atoms with van der Waals surface area (Å²) in [6, 6.07) is 20.9. The number of nitrogens with zero attached hydrogens (tertiary/aromatic N) is 1. The van der Waals surface area contributed by atoms with Gasteiger partial charge in [0.15, 0.2) is 5.76 Å². The third-order valence-corrected chi connectivity index (χ3v) is 7.51. The van der Waals surface area contributed by atoms with Crippen LogP contribution in [0.4, 0.5) is 0 Å². The van der Waals surface area contributed by atoms with Crippen molar-refractivity contribution in [3.8, 4) is 5.75 Å². The third-order valence-electron chi connectivity index (χ3n) is 5.65. The summed E-state index contributed by atoms with van der Waals surface area (Å²) >= 11 is 0. The van der Waals surface area contributed by atoms with Gasteiger partial charge in [-0.1, -0.05) is 55.8 Å². The van der Waals surface area contributed by atoms with Crippen LogP contribution >= 0.6 is 0 Å². The molecule has 1 heterocycles. The van der Waals surface area contributed by atoms with E-state index in [1.165, 1.54) is 13.2 Å². The summed E-state index contributed by atoms with van der Waals surface area (Å²) in [4.78, 5) is 26.8. The van der Waals surface area contributed by atoms with Gasteiger partial charge in [0, 0.05) is 17.7 Å². The Labute approximate surface area is 204 Å². The SMILES string of the molecule is CCCCN1C(C(=O)c2ccccc2)=C(OC(=O)c2ccc(OC)cc2)c2ccccc2S1(=O)=O. The normalized spacial score (nSPS) is 14.3. The Hall–Kier alpha value is -3.91. The highest BCUT2D eigenvalue weighted by atomic mass is 32.2. The number of Topliss-reactive ketones (excluding diaryl/α,β-unsaturated/α-hetero) is 1. The van der Waals surface area contributed by atoms with Crippen LogP contribution in [0, 0.1) is 0 Å². The van der Waals surface area contributed by atoms with Crippen LogP contribution in [-0.2, 0) is 14.8 Å². The van der Waals surface area contributed by atoms with Crippen molar-refractivity contribution >= 4 is 27.5 Å². The molecular weight excluding hydrogens is 466 g/mol. The molecule has 0 radical (unpaired) electrons.